The predicted molar refractivity (Wildman–Crippen MR) is 118 cm³/mol. The van der Waals surface area contributed by atoms with Gasteiger partial charge in [0.25, 0.3) is 5.56 Å². The van der Waals surface area contributed by atoms with Gasteiger partial charge in [0.05, 0.1) is 46.9 Å². The van der Waals surface area contributed by atoms with E-state index in [2.05, 4.69) is 20.0 Å². The first-order chi connectivity index (χ1) is 14.9. The summed E-state index contributed by atoms with van der Waals surface area (Å²) in [6.45, 7) is -0.512. The molecule has 158 valence electrons. The lowest BCUT2D eigenvalue weighted by molar-refractivity contribution is -0.115. The van der Waals surface area contributed by atoms with Crippen LogP contribution in [-0.4, -0.2) is 41.2 Å². The Morgan fingerprint density at radius 3 is 2.58 bits per heavy atom. The quantitative estimate of drug-likeness (QED) is 0.452. The van der Waals surface area contributed by atoms with E-state index in [0.717, 1.165) is 10.9 Å². The molecule has 0 spiro atoms. The summed E-state index contributed by atoms with van der Waals surface area (Å²) in [6, 6.07) is 16.0. The van der Waals surface area contributed by atoms with Crippen LogP contribution in [0.1, 0.15) is 0 Å². The number of carbonyl (C=O) groups excluding carboxylic acids is 1. The van der Waals surface area contributed by atoms with Crippen LogP contribution in [0.3, 0.4) is 0 Å². The average molecular weight is 437 g/mol. The second-order valence-electron chi connectivity index (χ2n) is 6.87. The van der Waals surface area contributed by atoms with Crippen LogP contribution >= 0.6 is 0 Å². The third kappa shape index (κ3) is 4.93. The van der Waals surface area contributed by atoms with Crippen LogP contribution in [0, 0.1) is 0 Å². The average Bonchev–Trinajstić information content (AvgIpc) is 2.77. The van der Waals surface area contributed by atoms with E-state index in [1.165, 1.54) is 17.1 Å². The van der Waals surface area contributed by atoms with Crippen LogP contribution in [0.2, 0.25) is 0 Å². The highest BCUT2D eigenvalue weighted by Crippen LogP contribution is 2.15. The zero-order chi connectivity index (χ0) is 21.8. The normalized spacial score (nSPS) is 11.6. The van der Waals surface area contributed by atoms with Crippen molar-refractivity contribution in [3.05, 3.63) is 77.5 Å². The van der Waals surface area contributed by atoms with Gasteiger partial charge in [0.15, 0.2) is 0 Å². The third-order valence-electron chi connectivity index (χ3n) is 4.66. The standard InChI is InChI=1S/C21H19N5O4S/c27-20(25-16-11-15-5-1-3-7-18(15)22-12-16)13-24-31(29,30)10-9-26-14-23-19-8-4-2-6-17(19)21(26)28/h1-8,11-12,14,24H,9-10,13H2,(H,25,27). The molecule has 9 nitrogen and oxygen atoms in total. The summed E-state index contributed by atoms with van der Waals surface area (Å²) in [6.07, 6.45) is 2.83. The number of para-hydroxylation sites is 2. The number of pyridine rings is 1. The summed E-state index contributed by atoms with van der Waals surface area (Å²) < 4.78 is 28.0. The van der Waals surface area contributed by atoms with Crippen LogP contribution in [0.25, 0.3) is 21.8 Å². The summed E-state index contributed by atoms with van der Waals surface area (Å²) in [4.78, 5) is 33.0. The molecule has 31 heavy (non-hydrogen) atoms. The fraction of sp³-hybridized carbons (Fsp3) is 0.143. The number of hydrogen-bond acceptors (Lipinski definition) is 6. The first-order valence-corrected chi connectivity index (χ1v) is 11.1. The van der Waals surface area contributed by atoms with Gasteiger partial charge in [-0.3, -0.25) is 19.1 Å². The molecule has 0 fully saturated rings. The lowest BCUT2D eigenvalue weighted by Crippen LogP contribution is -2.36. The first-order valence-electron chi connectivity index (χ1n) is 9.47. The number of hydrogen-bond donors (Lipinski definition) is 2. The van der Waals surface area contributed by atoms with Crippen molar-refractivity contribution in [2.75, 3.05) is 17.6 Å². The minimum Gasteiger partial charge on any atom is -0.324 e. The number of nitrogens with one attached hydrogen (secondary N) is 2. The molecule has 2 aromatic carbocycles. The molecule has 0 atom stereocenters. The van der Waals surface area contributed by atoms with Gasteiger partial charge in [-0.05, 0) is 24.3 Å². The number of rotatable bonds is 7. The van der Waals surface area contributed by atoms with Crippen LogP contribution in [-0.2, 0) is 21.4 Å². The van der Waals surface area contributed by atoms with Crippen molar-refractivity contribution in [1.29, 1.82) is 0 Å². The number of sulfonamides is 1. The first kappa shape index (κ1) is 20.6. The van der Waals surface area contributed by atoms with Crippen LogP contribution in [0.5, 0.6) is 0 Å². The molecule has 0 radical (unpaired) electrons. The molecule has 0 unspecified atom stereocenters. The molecule has 10 heteroatoms. The van der Waals surface area contributed by atoms with Crippen molar-refractivity contribution in [3.8, 4) is 0 Å². The number of amides is 1. The highest BCUT2D eigenvalue weighted by Gasteiger charge is 2.14. The molecule has 0 aliphatic heterocycles. The maximum absolute atomic E-state index is 12.4. The minimum atomic E-state index is -3.79. The fourth-order valence-corrected chi connectivity index (χ4v) is 4.01. The van der Waals surface area contributed by atoms with Crippen molar-refractivity contribution in [2.24, 2.45) is 0 Å². The largest absolute Gasteiger partial charge is 0.324 e. The lowest BCUT2D eigenvalue weighted by Gasteiger charge is -2.10. The number of nitrogens with zero attached hydrogens (tertiary/aromatic N) is 3. The second-order valence-corrected chi connectivity index (χ2v) is 8.79. The Balaban J connectivity index is 1.35. The Labute approximate surface area is 177 Å². The maximum atomic E-state index is 12.4. The van der Waals surface area contributed by atoms with Gasteiger partial charge in [-0.2, -0.15) is 0 Å². The van der Waals surface area contributed by atoms with E-state index in [0.29, 0.717) is 16.6 Å². The minimum absolute atomic E-state index is 0.0811. The van der Waals surface area contributed by atoms with Crippen molar-refractivity contribution in [3.63, 3.8) is 0 Å². The van der Waals surface area contributed by atoms with Crippen LogP contribution in [0.15, 0.2) is 71.9 Å². The SMILES string of the molecule is O=C(CNS(=O)(=O)CCn1cnc2ccccc2c1=O)Nc1cnc2ccccc2c1. The Bertz CT molecular complexity index is 1430. The number of aromatic nitrogens is 3. The summed E-state index contributed by atoms with van der Waals surface area (Å²) in [5, 5.41) is 3.89. The van der Waals surface area contributed by atoms with Crippen molar-refractivity contribution >= 4 is 43.4 Å². The topological polar surface area (TPSA) is 123 Å². The third-order valence-corrected chi connectivity index (χ3v) is 5.96. The summed E-state index contributed by atoms with van der Waals surface area (Å²) in [7, 11) is -3.79. The van der Waals surface area contributed by atoms with Crippen molar-refractivity contribution < 1.29 is 13.2 Å². The van der Waals surface area contributed by atoms with E-state index in [9.17, 15) is 18.0 Å². The smallest absolute Gasteiger partial charge is 0.261 e. The van der Waals surface area contributed by atoms with Gasteiger partial charge >= 0.3 is 0 Å². The molecule has 4 rings (SSSR count). The number of fused-ring (bicyclic) bond motifs is 2. The molecular formula is C21H19N5O4S. The summed E-state index contributed by atoms with van der Waals surface area (Å²) >= 11 is 0. The van der Waals surface area contributed by atoms with E-state index >= 15 is 0 Å². The summed E-state index contributed by atoms with van der Waals surface area (Å²) in [5.74, 6) is -0.886. The highest BCUT2D eigenvalue weighted by molar-refractivity contribution is 7.89. The zero-order valence-electron chi connectivity index (χ0n) is 16.4. The molecule has 2 N–H and O–H groups in total. The van der Waals surface area contributed by atoms with Crippen LogP contribution in [0.4, 0.5) is 5.69 Å². The Morgan fingerprint density at radius 2 is 1.74 bits per heavy atom. The van der Waals surface area contributed by atoms with Gasteiger partial charge in [0.1, 0.15) is 0 Å². The molecule has 0 bridgehead atoms. The maximum Gasteiger partial charge on any atom is 0.261 e. The van der Waals surface area contributed by atoms with Crippen molar-refractivity contribution in [1.82, 2.24) is 19.3 Å². The van der Waals surface area contributed by atoms with E-state index in [1.807, 2.05) is 24.3 Å². The predicted octanol–water partition coefficient (Wildman–Crippen LogP) is 1.50. The molecule has 4 aromatic rings. The molecule has 0 aliphatic carbocycles. The molecule has 0 saturated carbocycles. The van der Waals surface area contributed by atoms with Gasteiger partial charge in [0.2, 0.25) is 15.9 Å². The van der Waals surface area contributed by atoms with Crippen LogP contribution < -0.4 is 15.6 Å². The molecular weight excluding hydrogens is 418 g/mol. The van der Waals surface area contributed by atoms with E-state index in [4.69, 9.17) is 0 Å². The van der Waals surface area contributed by atoms with Crippen molar-refractivity contribution in [2.45, 2.75) is 6.54 Å². The monoisotopic (exact) mass is 437 g/mol. The highest BCUT2D eigenvalue weighted by atomic mass is 32.2. The second kappa shape index (κ2) is 8.62. The number of carbonyl (C=O) groups is 1. The molecule has 1 amide bonds. The molecule has 2 heterocycles. The molecule has 0 aliphatic rings. The van der Waals surface area contributed by atoms with E-state index in [1.54, 1.807) is 30.3 Å². The van der Waals surface area contributed by atoms with Gasteiger partial charge < -0.3 is 5.32 Å². The van der Waals surface area contributed by atoms with E-state index < -0.39 is 22.5 Å². The fourth-order valence-electron chi connectivity index (χ4n) is 3.08. The van der Waals surface area contributed by atoms with Gasteiger partial charge in [-0.25, -0.2) is 18.1 Å². The Kier molecular flexibility index (Phi) is 5.74. The Hall–Kier alpha value is -3.63. The summed E-state index contributed by atoms with van der Waals surface area (Å²) in [5.41, 5.74) is 1.49. The number of anilines is 1. The van der Waals surface area contributed by atoms with Gasteiger partial charge in [-0.15, -0.1) is 0 Å². The lowest BCUT2D eigenvalue weighted by atomic mass is 10.2. The molecule has 2 aromatic heterocycles. The molecule has 0 saturated heterocycles. The number of benzene rings is 2. The van der Waals surface area contributed by atoms with Gasteiger partial charge in [-0.1, -0.05) is 30.3 Å². The van der Waals surface area contributed by atoms with Gasteiger partial charge in [0, 0.05) is 11.9 Å². The van der Waals surface area contributed by atoms with E-state index in [-0.39, 0.29) is 17.9 Å². The number of aryl methyl sites for hydroxylation is 1. The zero-order valence-corrected chi connectivity index (χ0v) is 17.2. The Morgan fingerprint density at radius 1 is 1.00 bits per heavy atom.